The van der Waals surface area contributed by atoms with Crippen LogP contribution in [0.1, 0.15) is 25.6 Å². The molecule has 0 fully saturated rings. The van der Waals surface area contributed by atoms with Crippen LogP contribution in [0.15, 0.2) is 12.4 Å². The molecule has 1 unspecified atom stereocenters. The Hall–Kier alpha value is -0.870. The monoisotopic (exact) mass is 225 g/mol. The summed E-state index contributed by atoms with van der Waals surface area (Å²) < 4.78 is 7.25. The van der Waals surface area contributed by atoms with Gasteiger partial charge in [0.1, 0.15) is 5.82 Å². The lowest BCUT2D eigenvalue weighted by Gasteiger charge is -2.16. The van der Waals surface area contributed by atoms with E-state index in [0.717, 1.165) is 31.8 Å². The maximum atomic E-state index is 5.18. The Kier molecular flexibility index (Phi) is 6.11. The highest BCUT2D eigenvalue weighted by molar-refractivity contribution is 4.91. The van der Waals surface area contributed by atoms with Gasteiger partial charge in [-0.25, -0.2) is 4.98 Å². The molecule has 0 saturated carbocycles. The van der Waals surface area contributed by atoms with E-state index in [1.807, 2.05) is 19.4 Å². The molecular weight excluding hydrogens is 202 g/mol. The summed E-state index contributed by atoms with van der Waals surface area (Å²) in [6.07, 6.45) is 7.13. The molecule has 1 aromatic rings. The van der Waals surface area contributed by atoms with Crippen molar-refractivity contribution in [2.24, 2.45) is 7.05 Å². The van der Waals surface area contributed by atoms with Gasteiger partial charge in [0.05, 0.1) is 6.61 Å². The standard InChI is InChI=1S/C12H23N3O/c1-4-5-11(10-16-3)13-7-6-12-14-8-9-15(12)2/h8-9,11,13H,4-7,10H2,1-3H3. The zero-order valence-corrected chi connectivity index (χ0v) is 10.6. The molecule has 0 aromatic carbocycles. The van der Waals surface area contributed by atoms with Crippen LogP contribution in [-0.2, 0) is 18.2 Å². The first-order valence-corrected chi connectivity index (χ1v) is 5.96. The molecule has 0 saturated heterocycles. The molecule has 1 N–H and O–H groups in total. The third-order valence-corrected chi connectivity index (χ3v) is 2.71. The minimum absolute atomic E-state index is 0.468. The molecule has 0 aliphatic heterocycles. The zero-order chi connectivity index (χ0) is 11.8. The van der Waals surface area contributed by atoms with Crippen molar-refractivity contribution in [3.8, 4) is 0 Å². The van der Waals surface area contributed by atoms with Crippen LogP contribution in [0.3, 0.4) is 0 Å². The maximum Gasteiger partial charge on any atom is 0.109 e. The van der Waals surface area contributed by atoms with Gasteiger partial charge in [-0.2, -0.15) is 0 Å². The number of ether oxygens (including phenoxy) is 1. The van der Waals surface area contributed by atoms with Crippen LogP contribution in [0.2, 0.25) is 0 Å². The first-order valence-electron chi connectivity index (χ1n) is 5.96. The van der Waals surface area contributed by atoms with Crippen LogP contribution < -0.4 is 5.32 Å². The van der Waals surface area contributed by atoms with Gasteiger partial charge >= 0.3 is 0 Å². The summed E-state index contributed by atoms with van der Waals surface area (Å²) in [6.45, 7) is 3.94. The zero-order valence-electron chi connectivity index (χ0n) is 10.6. The molecule has 0 aliphatic carbocycles. The second-order valence-electron chi connectivity index (χ2n) is 4.10. The Bertz CT molecular complexity index is 280. The smallest absolute Gasteiger partial charge is 0.109 e. The van der Waals surface area contributed by atoms with E-state index in [9.17, 15) is 0 Å². The maximum absolute atomic E-state index is 5.18. The number of methoxy groups -OCH3 is 1. The van der Waals surface area contributed by atoms with E-state index < -0.39 is 0 Å². The van der Waals surface area contributed by atoms with Gasteiger partial charge in [-0.15, -0.1) is 0 Å². The Morgan fingerprint density at radius 1 is 1.56 bits per heavy atom. The van der Waals surface area contributed by atoms with Gasteiger partial charge in [-0.3, -0.25) is 0 Å². The van der Waals surface area contributed by atoms with Gasteiger partial charge in [0, 0.05) is 45.6 Å². The highest BCUT2D eigenvalue weighted by Crippen LogP contribution is 1.99. The van der Waals surface area contributed by atoms with E-state index in [1.54, 1.807) is 7.11 Å². The molecule has 1 aromatic heterocycles. The fraction of sp³-hybridized carbons (Fsp3) is 0.750. The number of aromatic nitrogens is 2. The summed E-state index contributed by atoms with van der Waals surface area (Å²) in [4.78, 5) is 4.30. The average molecular weight is 225 g/mol. The van der Waals surface area contributed by atoms with E-state index >= 15 is 0 Å². The molecule has 4 nitrogen and oxygen atoms in total. The Balaban J connectivity index is 2.24. The van der Waals surface area contributed by atoms with E-state index in [2.05, 4.69) is 21.8 Å². The number of imidazole rings is 1. The summed E-state index contributed by atoms with van der Waals surface area (Å²) in [5.74, 6) is 1.13. The van der Waals surface area contributed by atoms with Crippen molar-refractivity contribution < 1.29 is 4.74 Å². The fourth-order valence-corrected chi connectivity index (χ4v) is 1.82. The molecule has 1 atom stereocenters. The predicted octanol–water partition coefficient (Wildman–Crippen LogP) is 1.37. The predicted molar refractivity (Wildman–Crippen MR) is 65.5 cm³/mol. The average Bonchev–Trinajstić information content (AvgIpc) is 2.65. The van der Waals surface area contributed by atoms with E-state index in [1.165, 1.54) is 6.42 Å². The van der Waals surface area contributed by atoms with Crippen molar-refractivity contribution in [3.63, 3.8) is 0 Å². The minimum atomic E-state index is 0.468. The van der Waals surface area contributed by atoms with Gasteiger partial charge in [-0.05, 0) is 6.42 Å². The Morgan fingerprint density at radius 2 is 2.38 bits per heavy atom. The molecule has 0 spiro atoms. The number of rotatable bonds is 8. The first kappa shape index (κ1) is 13.2. The lowest BCUT2D eigenvalue weighted by molar-refractivity contribution is 0.162. The molecule has 0 radical (unpaired) electrons. The molecule has 1 rings (SSSR count). The van der Waals surface area contributed by atoms with Crippen molar-refractivity contribution in [1.29, 1.82) is 0 Å². The summed E-state index contributed by atoms with van der Waals surface area (Å²) in [5, 5.41) is 3.51. The Morgan fingerprint density at radius 3 is 2.94 bits per heavy atom. The molecule has 4 heteroatoms. The fourth-order valence-electron chi connectivity index (χ4n) is 1.82. The SMILES string of the molecule is CCCC(COC)NCCc1nccn1C. The summed E-state index contributed by atoms with van der Waals surface area (Å²) in [7, 11) is 3.78. The third-order valence-electron chi connectivity index (χ3n) is 2.71. The lowest BCUT2D eigenvalue weighted by Crippen LogP contribution is -2.34. The van der Waals surface area contributed by atoms with Crippen molar-refractivity contribution >= 4 is 0 Å². The number of aryl methyl sites for hydroxylation is 1. The van der Waals surface area contributed by atoms with Crippen LogP contribution in [-0.4, -0.2) is 35.9 Å². The largest absolute Gasteiger partial charge is 0.383 e. The van der Waals surface area contributed by atoms with Crippen molar-refractivity contribution in [2.45, 2.75) is 32.2 Å². The van der Waals surface area contributed by atoms with E-state index in [0.29, 0.717) is 6.04 Å². The molecular formula is C12H23N3O. The normalized spacial score (nSPS) is 12.9. The highest BCUT2D eigenvalue weighted by Gasteiger charge is 2.06. The van der Waals surface area contributed by atoms with Crippen molar-refractivity contribution in [1.82, 2.24) is 14.9 Å². The minimum Gasteiger partial charge on any atom is -0.383 e. The van der Waals surface area contributed by atoms with Crippen LogP contribution >= 0.6 is 0 Å². The summed E-state index contributed by atoms with van der Waals surface area (Å²) in [5.41, 5.74) is 0. The van der Waals surface area contributed by atoms with Crippen molar-refractivity contribution in [3.05, 3.63) is 18.2 Å². The molecule has 0 amide bonds. The second-order valence-corrected chi connectivity index (χ2v) is 4.10. The quantitative estimate of drug-likeness (QED) is 0.726. The second kappa shape index (κ2) is 7.41. The third kappa shape index (κ3) is 4.33. The molecule has 16 heavy (non-hydrogen) atoms. The van der Waals surface area contributed by atoms with Crippen LogP contribution in [0.25, 0.3) is 0 Å². The number of nitrogens with one attached hydrogen (secondary N) is 1. The summed E-state index contributed by atoms with van der Waals surface area (Å²) >= 11 is 0. The summed E-state index contributed by atoms with van der Waals surface area (Å²) in [6, 6.07) is 0.468. The molecule has 92 valence electrons. The number of hydrogen-bond donors (Lipinski definition) is 1. The topological polar surface area (TPSA) is 39.1 Å². The Labute approximate surface area is 98.0 Å². The van der Waals surface area contributed by atoms with Crippen LogP contribution in [0.5, 0.6) is 0 Å². The highest BCUT2D eigenvalue weighted by atomic mass is 16.5. The van der Waals surface area contributed by atoms with Gasteiger partial charge in [0.2, 0.25) is 0 Å². The lowest BCUT2D eigenvalue weighted by atomic mass is 10.2. The number of hydrogen-bond acceptors (Lipinski definition) is 3. The van der Waals surface area contributed by atoms with E-state index in [4.69, 9.17) is 4.74 Å². The van der Waals surface area contributed by atoms with Gasteiger partial charge in [0.15, 0.2) is 0 Å². The molecule has 1 heterocycles. The van der Waals surface area contributed by atoms with Gasteiger partial charge in [-0.1, -0.05) is 13.3 Å². The van der Waals surface area contributed by atoms with E-state index in [-0.39, 0.29) is 0 Å². The van der Waals surface area contributed by atoms with Crippen molar-refractivity contribution in [2.75, 3.05) is 20.3 Å². The first-order chi connectivity index (χ1) is 7.77. The van der Waals surface area contributed by atoms with Crippen LogP contribution in [0.4, 0.5) is 0 Å². The molecule has 0 bridgehead atoms. The van der Waals surface area contributed by atoms with Gasteiger partial charge in [0.25, 0.3) is 0 Å². The number of nitrogens with zero attached hydrogens (tertiary/aromatic N) is 2. The van der Waals surface area contributed by atoms with Crippen LogP contribution in [0, 0.1) is 0 Å². The van der Waals surface area contributed by atoms with Gasteiger partial charge < -0.3 is 14.6 Å². The molecule has 0 aliphatic rings.